The van der Waals surface area contributed by atoms with E-state index >= 15 is 0 Å². The van der Waals surface area contributed by atoms with Crippen molar-refractivity contribution in [1.82, 2.24) is 10.9 Å². The summed E-state index contributed by atoms with van der Waals surface area (Å²) in [7, 11) is 0. The number of urea groups is 1. The van der Waals surface area contributed by atoms with Crippen molar-refractivity contribution in [3.63, 3.8) is 0 Å². The van der Waals surface area contributed by atoms with Crippen LogP contribution in [0.5, 0.6) is 0 Å². The van der Waals surface area contributed by atoms with E-state index in [1.807, 2.05) is 12.1 Å². The van der Waals surface area contributed by atoms with Gasteiger partial charge in [-0.3, -0.25) is 10.2 Å². The van der Waals surface area contributed by atoms with E-state index in [4.69, 9.17) is 5.73 Å². The number of rotatable bonds is 4. The van der Waals surface area contributed by atoms with Gasteiger partial charge in [-0.1, -0.05) is 12.1 Å². The van der Waals surface area contributed by atoms with Crippen LogP contribution in [0, 0.1) is 0 Å². The van der Waals surface area contributed by atoms with E-state index in [1.54, 1.807) is 12.1 Å². The van der Waals surface area contributed by atoms with Crippen molar-refractivity contribution in [2.45, 2.75) is 13.5 Å². The van der Waals surface area contributed by atoms with Gasteiger partial charge in [0.1, 0.15) is 0 Å². The molecule has 0 atom stereocenters. The SMILES string of the molecule is CC(=O)Nc1ccc(CNNC(N)=O)cc1. The van der Waals surface area contributed by atoms with Crippen molar-refractivity contribution >= 4 is 17.6 Å². The molecule has 0 bridgehead atoms. The Kier molecular flexibility index (Phi) is 4.28. The third-order valence-electron chi connectivity index (χ3n) is 1.78. The van der Waals surface area contributed by atoms with E-state index in [9.17, 15) is 9.59 Å². The fourth-order valence-corrected chi connectivity index (χ4v) is 1.14. The molecule has 0 unspecified atom stereocenters. The van der Waals surface area contributed by atoms with Crippen molar-refractivity contribution in [2.75, 3.05) is 5.32 Å². The molecular formula is C10H14N4O2. The summed E-state index contributed by atoms with van der Waals surface area (Å²) >= 11 is 0. The summed E-state index contributed by atoms with van der Waals surface area (Å²) in [6.45, 7) is 1.91. The molecule has 1 aromatic rings. The molecule has 0 radical (unpaired) electrons. The highest BCUT2D eigenvalue weighted by atomic mass is 16.2. The van der Waals surface area contributed by atoms with E-state index in [0.29, 0.717) is 6.54 Å². The van der Waals surface area contributed by atoms with Crippen molar-refractivity contribution in [1.29, 1.82) is 0 Å². The molecule has 1 rings (SSSR count). The molecule has 0 spiro atoms. The Labute approximate surface area is 93.2 Å². The first-order valence-electron chi connectivity index (χ1n) is 4.73. The standard InChI is InChI=1S/C10H14N4O2/c1-7(15)13-9-4-2-8(3-5-9)6-12-14-10(11)16/h2-5,12H,6H2,1H3,(H,13,15)(H3,11,14,16). The second-order valence-electron chi connectivity index (χ2n) is 3.22. The van der Waals surface area contributed by atoms with Gasteiger partial charge in [-0.05, 0) is 17.7 Å². The van der Waals surface area contributed by atoms with Crippen molar-refractivity contribution in [3.05, 3.63) is 29.8 Å². The molecule has 1 aromatic carbocycles. The van der Waals surface area contributed by atoms with Gasteiger partial charge in [0.05, 0.1) is 0 Å². The maximum atomic E-state index is 10.8. The predicted octanol–water partition coefficient (Wildman–Crippen LogP) is 0.318. The number of hydrogen-bond donors (Lipinski definition) is 4. The number of nitrogens with one attached hydrogen (secondary N) is 3. The Morgan fingerprint density at radius 1 is 1.25 bits per heavy atom. The summed E-state index contributed by atoms with van der Waals surface area (Å²) in [6.07, 6.45) is 0. The highest BCUT2D eigenvalue weighted by molar-refractivity contribution is 5.88. The van der Waals surface area contributed by atoms with Crippen molar-refractivity contribution in [3.8, 4) is 0 Å². The lowest BCUT2D eigenvalue weighted by molar-refractivity contribution is -0.114. The molecule has 86 valence electrons. The molecule has 3 amide bonds. The van der Waals surface area contributed by atoms with Crippen LogP contribution in [0.2, 0.25) is 0 Å². The first kappa shape index (κ1) is 12.0. The first-order chi connectivity index (χ1) is 7.58. The van der Waals surface area contributed by atoms with E-state index in [1.165, 1.54) is 6.92 Å². The Balaban J connectivity index is 2.45. The maximum Gasteiger partial charge on any atom is 0.326 e. The fraction of sp³-hybridized carbons (Fsp3) is 0.200. The summed E-state index contributed by atoms with van der Waals surface area (Å²) < 4.78 is 0. The van der Waals surface area contributed by atoms with Gasteiger partial charge in [-0.15, -0.1) is 0 Å². The monoisotopic (exact) mass is 222 g/mol. The lowest BCUT2D eigenvalue weighted by Gasteiger charge is -2.06. The number of hydrazine groups is 1. The molecule has 0 aromatic heterocycles. The normalized spacial score (nSPS) is 9.56. The second-order valence-corrected chi connectivity index (χ2v) is 3.22. The Morgan fingerprint density at radius 3 is 2.38 bits per heavy atom. The molecule has 6 heteroatoms. The number of nitrogens with two attached hydrogens (primary N) is 1. The van der Waals surface area contributed by atoms with Crippen LogP contribution in [0.3, 0.4) is 0 Å². The van der Waals surface area contributed by atoms with Crippen molar-refractivity contribution < 1.29 is 9.59 Å². The molecule has 0 heterocycles. The number of carbonyl (C=O) groups is 2. The summed E-state index contributed by atoms with van der Waals surface area (Å²) in [5, 5.41) is 2.66. The van der Waals surface area contributed by atoms with Crippen LogP contribution in [-0.4, -0.2) is 11.9 Å². The van der Waals surface area contributed by atoms with Gasteiger partial charge in [0, 0.05) is 19.2 Å². The zero-order valence-electron chi connectivity index (χ0n) is 8.91. The Morgan fingerprint density at radius 2 is 1.88 bits per heavy atom. The molecule has 16 heavy (non-hydrogen) atoms. The largest absolute Gasteiger partial charge is 0.351 e. The number of benzene rings is 1. The van der Waals surface area contributed by atoms with E-state index in [0.717, 1.165) is 11.3 Å². The molecular weight excluding hydrogens is 208 g/mol. The average molecular weight is 222 g/mol. The summed E-state index contributed by atoms with van der Waals surface area (Å²) in [4.78, 5) is 21.1. The average Bonchev–Trinajstić information content (AvgIpc) is 2.19. The van der Waals surface area contributed by atoms with E-state index < -0.39 is 6.03 Å². The summed E-state index contributed by atoms with van der Waals surface area (Å²) in [5.41, 5.74) is 11.5. The van der Waals surface area contributed by atoms with Crippen LogP contribution < -0.4 is 21.9 Å². The molecule has 0 saturated heterocycles. The molecule has 0 aliphatic heterocycles. The molecule has 0 fully saturated rings. The zero-order valence-corrected chi connectivity index (χ0v) is 8.91. The number of carbonyl (C=O) groups excluding carboxylic acids is 2. The third kappa shape index (κ3) is 4.43. The lowest BCUT2D eigenvalue weighted by atomic mass is 10.2. The minimum Gasteiger partial charge on any atom is -0.351 e. The quantitative estimate of drug-likeness (QED) is 0.552. The van der Waals surface area contributed by atoms with Crippen LogP contribution in [0.4, 0.5) is 10.5 Å². The van der Waals surface area contributed by atoms with Crippen LogP contribution in [0.25, 0.3) is 0 Å². The van der Waals surface area contributed by atoms with Gasteiger partial charge in [-0.25, -0.2) is 10.2 Å². The molecule has 5 N–H and O–H groups in total. The highest BCUT2D eigenvalue weighted by Gasteiger charge is 1.96. The maximum absolute atomic E-state index is 10.8. The van der Waals surface area contributed by atoms with Gasteiger partial charge in [0.15, 0.2) is 0 Å². The third-order valence-corrected chi connectivity index (χ3v) is 1.78. The van der Waals surface area contributed by atoms with E-state index in [2.05, 4.69) is 16.2 Å². The first-order valence-corrected chi connectivity index (χ1v) is 4.73. The topological polar surface area (TPSA) is 96.2 Å². The fourth-order valence-electron chi connectivity index (χ4n) is 1.14. The van der Waals surface area contributed by atoms with Gasteiger partial charge in [-0.2, -0.15) is 0 Å². The highest BCUT2D eigenvalue weighted by Crippen LogP contribution is 2.08. The van der Waals surface area contributed by atoms with Gasteiger partial charge in [0.25, 0.3) is 0 Å². The van der Waals surface area contributed by atoms with Crippen LogP contribution in [-0.2, 0) is 11.3 Å². The Hall–Kier alpha value is -2.08. The number of anilines is 1. The summed E-state index contributed by atoms with van der Waals surface area (Å²) in [6, 6.07) is 6.60. The van der Waals surface area contributed by atoms with Crippen LogP contribution in [0.15, 0.2) is 24.3 Å². The molecule has 0 saturated carbocycles. The van der Waals surface area contributed by atoms with Gasteiger partial charge >= 0.3 is 6.03 Å². The predicted molar refractivity (Wildman–Crippen MR) is 60.3 cm³/mol. The molecule has 0 aliphatic carbocycles. The number of primary amides is 1. The number of hydrogen-bond acceptors (Lipinski definition) is 3. The second kappa shape index (κ2) is 5.72. The minimum atomic E-state index is -0.630. The smallest absolute Gasteiger partial charge is 0.326 e. The van der Waals surface area contributed by atoms with Crippen LogP contribution >= 0.6 is 0 Å². The molecule has 0 aliphatic rings. The molecule has 6 nitrogen and oxygen atoms in total. The van der Waals surface area contributed by atoms with Crippen molar-refractivity contribution in [2.24, 2.45) is 5.73 Å². The van der Waals surface area contributed by atoms with E-state index in [-0.39, 0.29) is 5.91 Å². The van der Waals surface area contributed by atoms with Gasteiger partial charge < -0.3 is 11.1 Å². The number of amides is 3. The Bertz CT molecular complexity index is 375. The summed E-state index contributed by atoms with van der Waals surface area (Å²) in [5.74, 6) is -0.110. The zero-order chi connectivity index (χ0) is 12.0. The lowest BCUT2D eigenvalue weighted by Crippen LogP contribution is -2.40. The van der Waals surface area contributed by atoms with Crippen LogP contribution in [0.1, 0.15) is 12.5 Å². The minimum absolute atomic E-state index is 0.110. The van der Waals surface area contributed by atoms with Gasteiger partial charge in [0.2, 0.25) is 5.91 Å².